The van der Waals surface area contributed by atoms with Crippen LogP contribution in [0.25, 0.3) is 0 Å². The molecule has 0 bridgehead atoms. The van der Waals surface area contributed by atoms with Gasteiger partial charge in [-0.25, -0.2) is 0 Å². The molecule has 1 aromatic rings. The third-order valence-electron chi connectivity index (χ3n) is 2.13. The molecule has 0 aliphatic heterocycles. The van der Waals surface area contributed by atoms with Gasteiger partial charge in [0.2, 0.25) is 5.91 Å². The summed E-state index contributed by atoms with van der Waals surface area (Å²) < 4.78 is 0. The SMILES string of the molecule is CC(CN)CC(=O)NCc1ccccn1. The summed E-state index contributed by atoms with van der Waals surface area (Å²) in [5.41, 5.74) is 6.30. The van der Waals surface area contributed by atoms with Gasteiger partial charge in [0, 0.05) is 12.6 Å². The van der Waals surface area contributed by atoms with Crippen molar-refractivity contribution < 1.29 is 4.79 Å². The van der Waals surface area contributed by atoms with Crippen molar-refractivity contribution in [3.8, 4) is 0 Å². The lowest BCUT2D eigenvalue weighted by molar-refractivity contribution is -0.122. The van der Waals surface area contributed by atoms with Crippen LogP contribution in [-0.4, -0.2) is 17.4 Å². The maximum Gasteiger partial charge on any atom is 0.220 e. The molecular formula is C11H17N3O. The normalized spacial score (nSPS) is 12.1. The number of hydrogen-bond acceptors (Lipinski definition) is 3. The van der Waals surface area contributed by atoms with Crippen LogP contribution in [0.2, 0.25) is 0 Å². The van der Waals surface area contributed by atoms with Crippen LogP contribution in [0, 0.1) is 5.92 Å². The van der Waals surface area contributed by atoms with Crippen molar-refractivity contribution in [1.29, 1.82) is 0 Å². The molecule has 0 aliphatic carbocycles. The predicted molar refractivity (Wildman–Crippen MR) is 58.9 cm³/mol. The Balaban J connectivity index is 2.29. The zero-order chi connectivity index (χ0) is 11.1. The number of hydrogen-bond donors (Lipinski definition) is 2. The highest BCUT2D eigenvalue weighted by atomic mass is 16.1. The molecule has 3 N–H and O–H groups in total. The first-order valence-electron chi connectivity index (χ1n) is 5.09. The molecule has 1 unspecified atom stereocenters. The van der Waals surface area contributed by atoms with Crippen LogP contribution in [0.4, 0.5) is 0 Å². The standard InChI is InChI=1S/C11H17N3O/c1-9(7-12)6-11(15)14-8-10-4-2-3-5-13-10/h2-5,9H,6-8,12H2,1H3,(H,14,15). The molecule has 0 saturated carbocycles. The first-order chi connectivity index (χ1) is 7.22. The van der Waals surface area contributed by atoms with E-state index in [2.05, 4.69) is 10.3 Å². The van der Waals surface area contributed by atoms with Gasteiger partial charge < -0.3 is 11.1 Å². The van der Waals surface area contributed by atoms with E-state index in [0.717, 1.165) is 5.69 Å². The summed E-state index contributed by atoms with van der Waals surface area (Å²) in [6.45, 7) is 2.98. The topological polar surface area (TPSA) is 68.0 Å². The summed E-state index contributed by atoms with van der Waals surface area (Å²) in [6, 6.07) is 5.63. The molecular weight excluding hydrogens is 190 g/mol. The van der Waals surface area contributed by atoms with E-state index >= 15 is 0 Å². The minimum absolute atomic E-state index is 0.0265. The molecule has 4 nitrogen and oxygen atoms in total. The van der Waals surface area contributed by atoms with Crippen molar-refractivity contribution in [2.45, 2.75) is 19.9 Å². The molecule has 0 aliphatic rings. The Hall–Kier alpha value is -1.42. The lowest BCUT2D eigenvalue weighted by Crippen LogP contribution is -2.26. The number of amides is 1. The Morgan fingerprint density at radius 1 is 1.60 bits per heavy atom. The number of rotatable bonds is 5. The highest BCUT2D eigenvalue weighted by Gasteiger charge is 2.06. The highest BCUT2D eigenvalue weighted by Crippen LogP contribution is 1.99. The molecule has 1 aromatic heterocycles. The third-order valence-corrected chi connectivity index (χ3v) is 2.13. The van der Waals surface area contributed by atoms with Gasteiger partial charge in [0.1, 0.15) is 0 Å². The number of carbonyl (C=O) groups excluding carboxylic acids is 1. The van der Waals surface area contributed by atoms with E-state index in [1.165, 1.54) is 0 Å². The molecule has 1 atom stereocenters. The quantitative estimate of drug-likeness (QED) is 0.746. The maximum absolute atomic E-state index is 11.4. The molecule has 0 aromatic carbocycles. The average Bonchev–Trinajstić information content (AvgIpc) is 2.27. The van der Waals surface area contributed by atoms with Gasteiger partial charge >= 0.3 is 0 Å². The van der Waals surface area contributed by atoms with Gasteiger partial charge in [-0.2, -0.15) is 0 Å². The number of carbonyl (C=O) groups is 1. The summed E-state index contributed by atoms with van der Waals surface area (Å²) in [5, 5.41) is 2.81. The molecule has 0 fully saturated rings. The van der Waals surface area contributed by atoms with E-state index in [1.54, 1.807) is 6.20 Å². The van der Waals surface area contributed by atoms with Crippen LogP contribution in [0.3, 0.4) is 0 Å². The third kappa shape index (κ3) is 4.56. The Labute approximate surface area is 89.9 Å². The molecule has 1 rings (SSSR count). The maximum atomic E-state index is 11.4. The van der Waals surface area contributed by atoms with Crippen LogP contribution in [-0.2, 0) is 11.3 Å². The molecule has 0 spiro atoms. The van der Waals surface area contributed by atoms with Gasteiger partial charge in [0.15, 0.2) is 0 Å². The Bertz CT molecular complexity index is 300. The summed E-state index contributed by atoms with van der Waals surface area (Å²) in [6.07, 6.45) is 2.19. The molecule has 0 radical (unpaired) electrons. The van der Waals surface area contributed by atoms with Crippen molar-refractivity contribution in [3.05, 3.63) is 30.1 Å². The fourth-order valence-electron chi connectivity index (χ4n) is 1.16. The van der Waals surface area contributed by atoms with Gasteiger partial charge in [-0.15, -0.1) is 0 Å². The molecule has 0 saturated heterocycles. The van der Waals surface area contributed by atoms with E-state index in [1.807, 2.05) is 25.1 Å². The van der Waals surface area contributed by atoms with Gasteiger partial charge in [-0.05, 0) is 24.6 Å². The zero-order valence-corrected chi connectivity index (χ0v) is 8.94. The fourth-order valence-corrected chi connectivity index (χ4v) is 1.16. The smallest absolute Gasteiger partial charge is 0.220 e. The van der Waals surface area contributed by atoms with Crippen LogP contribution in [0.15, 0.2) is 24.4 Å². The average molecular weight is 207 g/mol. The van der Waals surface area contributed by atoms with E-state index in [4.69, 9.17) is 5.73 Å². The van der Waals surface area contributed by atoms with Gasteiger partial charge in [0.25, 0.3) is 0 Å². The van der Waals surface area contributed by atoms with Crippen molar-refractivity contribution in [2.24, 2.45) is 11.7 Å². The van der Waals surface area contributed by atoms with Gasteiger partial charge in [-0.1, -0.05) is 13.0 Å². The van der Waals surface area contributed by atoms with Crippen molar-refractivity contribution in [3.63, 3.8) is 0 Å². The van der Waals surface area contributed by atoms with E-state index in [-0.39, 0.29) is 11.8 Å². The van der Waals surface area contributed by atoms with E-state index in [0.29, 0.717) is 19.5 Å². The van der Waals surface area contributed by atoms with Gasteiger partial charge in [0.05, 0.1) is 12.2 Å². The molecule has 15 heavy (non-hydrogen) atoms. The number of nitrogens with zero attached hydrogens (tertiary/aromatic N) is 1. The van der Waals surface area contributed by atoms with E-state index < -0.39 is 0 Å². The number of aromatic nitrogens is 1. The lowest BCUT2D eigenvalue weighted by Gasteiger charge is -2.08. The fraction of sp³-hybridized carbons (Fsp3) is 0.455. The second-order valence-electron chi connectivity index (χ2n) is 3.64. The predicted octanol–water partition coefficient (Wildman–Crippen LogP) is 0.683. The van der Waals surface area contributed by atoms with Crippen LogP contribution in [0.5, 0.6) is 0 Å². The number of nitrogens with one attached hydrogen (secondary N) is 1. The second-order valence-corrected chi connectivity index (χ2v) is 3.64. The zero-order valence-electron chi connectivity index (χ0n) is 8.94. The first kappa shape index (κ1) is 11.7. The molecule has 4 heteroatoms. The minimum Gasteiger partial charge on any atom is -0.350 e. The summed E-state index contributed by atoms with van der Waals surface area (Å²) >= 11 is 0. The summed E-state index contributed by atoms with van der Waals surface area (Å²) in [5.74, 6) is 0.257. The van der Waals surface area contributed by atoms with E-state index in [9.17, 15) is 4.79 Å². The largest absolute Gasteiger partial charge is 0.350 e. The number of nitrogens with two attached hydrogens (primary N) is 1. The first-order valence-corrected chi connectivity index (χ1v) is 5.09. The Morgan fingerprint density at radius 2 is 2.40 bits per heavy atom. The van der Waals surface area contributed by atoms with Crippen molar-refractivity contribution >= 4 is 5.91 Å². The monoisotopic (exact) mass is 207 g/mol. The Kier molecular flexibility index (Phi) is 4.77. The summed E-state index contributed by atoms with van der Waals surface area (Å²) in [4.78, 5) is 15.5. The summed E-state index contributed by atoms with van der Waals surface area (Å²) in [7, 11) is 0. The molecule has 1 heterocycles. The number of pyridine rings is 1. The molecule has 1 amide bonds. The van der Waals surface area contributed by atoms with Crippen molar-refractivity contribution in [1.82, 2.24) is 10.3 Å². The van der Waals surface area contributed by atoms with Gasteiger partial charge in [-0.3, -0.25) is 9.78 Å². The van der Waals surface area contributed by atoms with Crippen molar-refractivity contribution in [2.75, 3.05) is 6.54 Å². The molecule has 82 valence electrons. The van der Waals surface area contributed by atoms with Crippen LogP contribution in [0.1, 0.15) is 19.0 Å². The van der Waals surface area contributed by atoms with Crippen LogP contribution < -0.4 is 11.1 Å². The highest BCUT2D eigenvalue weighted by molar-refractivity contribution is 5.76. The minimum atomic E-state index is 0.0265. The second kappa shape index (κ2) is 6.14. The Morgan fingerprint density at radius 3 is 3.00 bits per heavy atom. The lowest BCUT2D eigenvalue weighted by atomic mass is 10.1. The van der Waals surface area contributed by atoms with Crippen LogP contribution >= 0.6 is 0 Å².